The highest BCUT2D eigenvalue weighted by molar-refractivity contribution is 6.09. The van der Waals surface area contributed by atoms with E-state index in [0.717, 1.165) is 0 Å². The van der Waals surface area contributed by atoms with Gasteiger partial charge in [0.1, 0.15) is 5.75 Å². The summed E-state index contributed by atoms with van der Waals surface area (Å²) in [5.41, 5.74) is 1.42. The lowest BCUT2D eigenvalue weighted by molar-refractivity contribution is 0.0594. The minimum atomic E-state index is -0.609. The molecule has 1 aromatic heterocycles. The van der Waals surface area contributed by atoms with Crippen molar-refractivity contribution < 1.29 is 19.1 Å². The highest BCUT2D eigenvalue weighted by atomic mass is 16.5. The predicted molar refractivity (Wildman–Crippen MR) is 84.8 cm³/mol. The summed E-state index contributed by atoms with van der Waals surface area (Å²) in [7, 11) is 2.95. The van der Waals surface area contributed by atoms with Crippen molar-refractivity contribution in [2.45, 2.75) is 13.8 Å². The molecule has 0 saturated heterocycles. The van der Waals surface area contributed by atoms with E-state index in [1.165, 1.54) is 11.8 Å². The molecule has 23 heavy (non-hydrogen) atoms. The third-order valence-electron chi connectivity index (χ3n) is 3.38. The molecule has 1 N–H and O–H groups in total. The van der Waals surface area contributed by atoms with Crippen LogP contribution >= 0.6 is 0 Å². The molecule has 0 saturated carbocycles. The summed E-state index contributed by atoms with van der Waals surface area (Å²) in [5, 5.41) is 6.81. The molecule has 0 unspecified atom stereocenters. The number of para-hydroxylation sites is 1. The van der Waals surface area contributed by atoms with E-state index < -0.39 is 5.97 Å². The molecule has 122 valence electrons. The second-order valence-corrected chi connectivity index (χ2v) is 4.81. The number of methoxy groups -OCH3 is 1. The number of nitrogens with one attached hydrogen (secondary N) is 1. The molecular weight excluding hydrogens is 298 g/mol. The summed E-state index contributed by atoms with van der Waals surface area (Å²) in [4.78, 5) is 24.4. The van der Waals surface area contributed by atoms with Gasteiger partial charge in [-0.05, 0) is 26.0 Å². The average Bonchev–Trinajstić information content (AvgIpc) is 2.83. The number of esters is 1. The Balaban J connectivity index is 2.36. The van der Waals surface area contributed by atoms with Crippen molar-refractivity contribution in [1.82, 2.24) is 9.78 Å². The number of benzene rings is 1. The maximum atomic E-state index is 12.6. The summed E-state index contributed by atoms with van der Waals surface area (Å²) in [6.07, 6.45) is 0. The minimum absolute atomic E-state index is 0.0646. The van der Waals surface area contributed by atoms with Crippen LogP contribution in [-0.4, -0.2) is 35.4 Å². The van der Waals surface area contributed by atoms with Crippen LogP contribution < -0.4 is 10.1 Å². The number of aromatic nitrogens is 2. The van der Waals surface area contributed by atoms with E-state index in [4.69, 9.17) is 9.47 Å². The van der Waals surface area contributed by atoms with Crippen LogP contribution in [0.5, 0.6) is 5.75 Å². The average molecular weight is 317 g/mol. The first-order valence-corrected chi connectivity index (χ1v) is 7.14. The molecule has 2 rings (SSSR count). The van der Waals surface area contributed by atoms with E-state index in [-0.39, 0.29) is 11.6 Å². The smallest absolute Gasteiger partial charge is 0.360 e. The maximum Gasteiger partial charge on any atom is 0.360 e. The zero-order chi connectivity index (χ0) is 17.0. The highest BCUT2D eigenvalue weighted by Gasteiger charge is 2.23. The summed E-state index contributed by atoms with van der Waals surface area (Å²) < 4.78 is 11.7. The number of carbonyl (C=O) groups is 2. The van der Waals surface area contributed by atoms with Crippen molar-refractivity contribution in [3.63, 3.8) is 0 Å². The van der Waals surface area contributed by atoms with E-state index in [2.05, 4.69) is 10.4 Å². The second-order valence-electron chi connectivity index (χ2n) is 4.81. The largest absolute Gasteiger partial charge is 0.493 e. The number of anilines is 1. The Morgan fingerprint density at radius 3 is 2.65 bits per heavy atom. The van der Waals surface area contributed by atoms with E-state index in [0.29, 0.717) is 29.3 Å². The van der Waals surface area contributed by atoms with Crippen molar-refractivity contribution in [2.24, 2.45) is 7.05 Å². The molecular formula is C16H19N3O4. The lowest BCUT2D eigenvalue weighted by Crippen LogP contribution is -2.16. The molecule has 0 atom stereocenters. The Labute approximate surface area is 134 Å². The van der Waals surface area contributed by atoms with Crippen molar-refractivity contribution in [3.8, 4) is 5.75 Å². The van der Waals surface area contributed by atoms with Gasteiger partial charge in [-0.3, -0.25) is 9.48 Å². The molecule has 0 spiro atoms. The van der Waals surface area contributed by atoms with Crippen molar-refractivity contribution in [1.29, 1.82) is 0 Å². The molecule has 2 aromatic rings. The van der Waals surface area contributed by atoms with Crippen LogP contribution in [0.3, 0.4) is 0 Å². The number of amides is 1. The number of hydrogen-bond donors (Lipinski definition) is 1. The normalized spacial score (nSPS) is 10.3. The molecule has 1 heterocycles. The van der Waals surface area contributed by atoms with Gasteiger partial charge in [0.15, 0.2) is 5.69 Å². The first-order chi connectivity index (χ1) is 11.0. The third kappa shape index (κ3) is 3.33. The van der Waals surface area contributed by atoms with Gasteiger partial charge in [-0.2, -0.15) is 5.10 Å². The molecule has 7 heteroatoms. The molecule has 0 bridgehead atoms. The van der Waals surface area contributed by atoms with Crippen LogP contribution in [0, 0.1) is 6.92 Å². The molecule has 1 aromatic carbocycles. The Kier molecular flexibility index (Phi) is 5.00. The Morgan fingerprint density at radius 2 is 2.00 bits per heavy atom. The van der Waals surface area contributed by atoms with Gasteiger partial charge >= 0.3 is 5.97 Å². The standard InChI is InChI=1S/C16H19N3O4/c1-5-23-12-9-7-6-8-11(12)15(20)17-13-10(2)19(3)18-14(13)16(21)22-4/h6-9H,5H2,1-4H3,(H,17,20). The van der Waals surface area contributed by atoms with E-state index >= 15 is 0 Å². The fourth-order valence-corrected chi connectivity index (χ4v) is 2.11. The summed E-state index contributed by atoms with van der Waals surface area (Å²) in [5.74, 6) is -0.508. The molecule has 1 amide bonds. The van der Waals surface area contributed by atoms with Crippen LogP contribution in [-0.2, 0) is 11.8 Å². The Bertz CT molecular complexity index is 737. The zero-order valence-corrected chi connectivity index (χ0v) is 13.5. The SMILES string of the molecule is CCOc1ccccc1C(=O)Nc1c(C(=O)OC)nn(C)c1C. The summed E-state index contributed by atoms with van der Waals surface area (Å²) >= 11 is 0. The number of ether oxygens (including phenoxy) is 2. The maximum absolute atomic E-state index is 12.6. The summed E-state index contributed by atoms with van der Waals surface area (Å²) in [6.45, 7) is 4.04. The number of hydrogen-bond acceptors (Lipinski definition) is 5. The molecule has 7 nitrogen and oxygen atoms in total. The monoisotopic (exact) mass is 317 g/mol. The topological polar surface area (TPSA) is 82.4 Å². The van der Waals surface area contributed by atoms with Gasteiger partial charge in [-0.1, -0.05) is 12.1 Å². The van der Waals surface area contributed by atoms with Crippen molar-refractivity contribution in [3.05, 3.63) is 41.2 Å². The quantitative estimate of drug-likeness (QED) is 0.855. The Hall–Kier alpha value is -2.83. The van der Waals surface area contributed by atoms with Gasteiger partial charge in [-0.25, -0.2) is 4.79 Å². The van der Waals surface area contributed by atoms with Gasteiger partial charge < -0.3 is 14.8 Å². The minimum Gasteiger partial charge on any atom is -0.493 e. The van der Waals surface area contributed by atoms with Gasteiger partial charge in [0.05, 0.1) is 30.7 Å². The number of nitrogens with zero attached hydrogens (tertiary/aromatic N) is 2. The predicted octanol–water partition coefficient (Wildman–Crippen LogP) is 2.17. The molecule has 0 fully saturated rings. The first kappa shape index (κ1) is 16.5. The molecule has 0 aliphatic heterocycles. The van der Waals surface area contributed by atoms with E-state index in [9.17, 15) is 9.59 Å². The lowest BCUT2D eigenvalue weighted by atomic mass is 10.1. The third-order valence-corrected chi connectivity index (χ3v) is 3.38. The van der Waals surface area contributed by atoms with Gasteiger partial charge in [0.25, 0.3) is 5.91 Å². The van der Waals surface area contributed by atoms with Gasteiger partial charge in [0, 0.05) is 7.05 Å². The number of aryl methyl sites for hydroxylation is 1. The fraction of sp³-hybridized carbons (Fsp3) is 0.312. The van der Waals surface area contributed by atoms with Gasteiger partial charge in [0.2, 0.25) is 0 Å². The van der Waals surface area contributed by atoms with Gasteiger partial charge in [-0.15, -0.1) is 0 Å². The van der Waals surface area contributed by atoms with E-state index in [1.807, 2.05) is 6.92 Å². The van der Waals surface area contributed by atoms with Crippen LogP contribution in [0.4, 0.5) is 5.69 Å². The van der Waals surface area contributed by atoms with Crippen LogP contribution in [0.15, 0.2) is 24.3 Å². The van der Waals surface area contributed by atoms with Crippen molar-refractivity contribution >= 4 is 17.6 Å². The first-order valence-electron chi connectivity index (χ1n) is 7.14. The van der Waals surface area contributed by atoms with Crippen molar-refractivity contribution in [2.75, 3.05) is 19.0 Å². The number of rotatable bonds is 5. The molecule has 0 aliphatic rings. The van der Waals surface area contributed by atoms with E-state index in [1.54, 1.807) is 38.2 Å². The van der Waals surface area contributed by atoms with Crippen LogP contribution in [0.2, 0.25) is 0 Å². The highest BCUT2D eigenvalue weighted by Crippen LogP contribution is 2.24. The Morgan fingerprint density at radius 1 is 1.30 bits per heavy atom. The zero-order valence-electron chi connectivity index (χ0n) is 13.5. The summed E-state index contributed by atoms with van der Waals surface area (Å²) in [6, 6.07) is 6.91. The number of carbonyl (C=O) groups excluding carboxylic acids is 2. The molecule has 0 radical (unpaired) electrons. The molecule has 0 aliphatic carbocycles. The fourth-order valence-electron chi connectivity index (χ4n) is 2.11. The lowest BCUT2D eigenvalue weighted by Gasteiger charge is -2.10. The second kappa shape index (κ2) is 6.95. The van der Waals surface area contributed by atoms with Crippen LogP contribution in [0.25, 0.3) is 0 Å². The van der Waals surface area contributed by atoms with Crippen LogP contribution in [0.1, 0.15) is 33.5 Å².